The lowest BCUT2D eigenvalue weighted by molar-refractivity contribution is -0.116. The van der Waals surface area contributed by atoms with Crippen molar-refractivity contribution in [2.24, 2.45) is 0 Å². The van der Waals surface area contributed by atoms with Crippen molar-refractivity contribution in [2.45, 2.75) is 6.54 Å². The van der Waals surface area contributed by atoms with Gasteiger partial charge in [0, 0.05) is 16.5 Å². The van der Waals surface area contributed by atoms with Crippen LogP contribution in [0.2, 0.25) is 0 Å². The standard InChI is InChI=1S/C19H17N3O2S/c1-24-16-6-4-14(5-7-16)18-11-15(21-13-22-18)12-20-19(23)9-8-17-3-2-10-25-17/h2-11,13H,12H2,1H3,(H,20,23)/b9-8+. The second-order valence-electron chi connectivity index (χ2n) is 5.19. The quantitative estimate of drug-likeness (QED) is 0.690. The zero-order valence-corrected chi connectivity index (χ0v) is 14.5. The van der Waals surface area contributed by atoms with Gasteiger partial charge in [0.1, 0.15) is 12.1 Å². The molecule has 0 fully saturated rings. The first-order valence-corrected chi connectivity index (χ1v) is 8.57. The third-order valence-electron chi connectivity index (χ3n) is 3.50. The number of methoxy groups -OCH3 is 1. The van der Waals surface area contributed by atoms with Crippen LogP contribution in [0, 0.1) is 0 Å². The number of carbonyl (C=O) groups excluding carboxylic acids is 1. The molecule has 2 aromatic heterocycles. The average Bonchev–Trinajstić information content (AvgIpc) is 3.19. The van der Waals surface area contributed by atoms with Gasteiger partial charge in [-0.15, -0.1) is 11.3 Å². The largest absolute Gasteiger partial charge is 0.497 e. The summed E-state index contributed by atoms with van der Waals surface area (Å²) in [6, 6.07) is 13.4. The van der Waals surface area contributed by atoms with Gasteiger partial charge in [0.2, 0.25) is 5.91 Å². The molecular weight excluding hydrogens is 334 g/mol. The molecule has 1 aromatic carbocycles. The van der Waals surface area contributed by atoms with Crippen molar-refractivity contribution >= 4 is 23.3 Å². The Morgan fingerprint density at radius 1 is 1.24 bits per heavy atom. The lowest BCUT2D eigenvalue weighted by Crippen LogP contribution is -2.20. The molecule has 6 heteroatoms. The molecule has 0 aliphatic heterocycles. The Bertz CT molecular complexity index is 859. The molecule has 0 saturated carbocycles. The van der Waals surface area contributed by atoms with Crippen molar-refractivity contribution in [1.82, 2.24) is 15.3 Å². The maximum atomic E-state index is 11.9. The second kappa shape index (κ2) is 8.21. The summed E-state index contributed by atoms with van der Waals surface area (Å²) in [6.07, 6.45) is 4.82. The molecule has 0 aliphatic rings. The minimum Gasteiger partial charge on any atom is -0.497 e. The number of thiophene rings is 1. The van der Waals surface area contributed by atoms with Gasteiger partial charge in [-0.05, 0) is 47.9 Å². The summed E-state index contributed by atoms with van der Waals surface area (Å²) in [4.78, 5) is 21.4. The monoisotopic (exact) mass is 351 g/mol. The number of hydrogen-bond acceptors (Lipinski definition) is 5. The molecule has 5 nitrogen and oxygen atoms in total. The van der Waals surface area contributed by atoms with Crippen LogP contribution in [0.1, 0.15) is 10.6 Å². The lowest BCUT2D eigenvalue weighted by Gasteiger charge is -2.06. The Morgan fingerprint density at radius 2 is 2.08 bits per heavy atom. The van der Waals surface area contributed by atoms with Gasteiger partial charge < -0.3 is 10.1 Å². The smallest absolute Gasteiger partial charge is 0.244 e. The van der Waals surface area contributed by atoms with E-state index in [-0.39, 0.29) is 5.91 Å². The van der Waals surface area contributed by atoms with Gasteiger partial charge in [0.05, 0.1) is 25.0 Å². The number of amides is 1. The molecule has 0 atom stereocenters. The van der Waals surface area contributed by atoms with Crippen molar-refractivity contribution in [3.63, 3.8) is 0 Å². The first-order chi connectivity index (χ1) is 12.2. The topological polar surface area (TPSA) is 64.1 Å². The second-order valence-corrected chi connectivity index (χ2v) is 6.17. The number of aromatic nitrogens is 2. The van der Waals surface area contributed by atoms with Gasteiger partial charge in [-0.1, -0.05) is 6.07 Å². The fourth-order valence-corrected chi connectivity index (χ4v) is 2.81. The third-order valence-corrected chi connectivity index (χ3v) is 4.33. The Hall–Kier alpha value is -2.99. The minimum absolute atomic E-state index is 0.155. The van der Waals surface area contributed by atoms with Gasteiger partial charge >= 0.3 is 0 Å². The Balaban J connectivity index is 1.62. The fraction of sp³-hybridized carbons (Fsp3) is 0.105. The van der Waals surface area contributed by atoms with E-state index < -0.39 is 0 Å². The predicted octanol–water partition coefficient (Wildman–Crippen LogP) is 3.54. The van der Waals surface area contributed by atoms with Crippen LogP contribution in [0.4, 0.5) is 0 Å². The van der Waals surface area contributed by atoms with E-state index in [0.29, 0.717) is 6.54 Å². The minimum atomic E-state index is -0.155. The van der Waals surface area contributed by atoms with Crippen LogP contribution in [0.3, 0.4) is 0 Å². The lowest BCUT2D eigenvalue weighted by atomic mass is 10.1. The van der Waals surface area contributed by atoms with Crippen LogP contribution in [-0.4, -0.2) is 23.0 Å². The van der Waals surface area contributed by atoms with Crippen molar-refractivity contribution in [3.8, 4) is 17.0 Å². The number of nitrogens with one attached hydrogen (secondary N) is 1. The first-order valence-electron chi connectivity index (χ1n) is 7.69. The van der Waals surface area contributed by atoms with Gasteiger partial charge in [0.25, 0.3) is 0 Å². The van der Waals surface area contributed by atoms with Crippen molar-refractivity contribution in [2.75, 3.05) is 7.11 Å². The van der Waals surface area contributed by atoms with Crippen LogP contribution in [0.15, 0.2) is 60.2 Å². The number of nitrogens with zero attached hydrogens (tertiary/aromatic N) is 2. The van der Waals surface area contributed by atoms with Crippen LogP contribution in [0.5, 0.6) is 5.75 Å². The van der Waals surface area contributed by atoms with E-state index >= 15 is 0 Å². The van der Waals surface area contributed by atoms with E-state index in [1.54, 1.807) is 24.5 Å². The van der Waals surface area contributed by atoms with Crippen LogP contribution >= 0.6 is 11.3 Å². The molecular formula is C19H17N3O2S. The number of ether oxygens (including phenoxy) is 1. The molecule has 0 bridgehead atoms. The van der Waals surface area contributed by atoms with E-state index in [9.17, 15) is 4.79 Å². The van der Waals surface area contributed by atoms with Gasteiger partial charge in [-0.25, -0.2) is 9.97 Å². The molecule has 1 amide bonds. The maximum absolute atomic E-state index is 11.9. The Labute approximate surface area is 150 Å². The summed E-state index contributed by atoms with van der Waals surface area (Å²) < 4.78 is 5.16. The molecule has 126 valence electrons. The molecule has 0 radical (unpaired) electrons. The molecule has 2 heterocycles. The van der Waals surface area contributed by atoms with E-state index in [1.165, 1.54) is 12.4 Å². The highest BCUT2D eigenvalue weighted by Gasteiger charge is 2.04. The average molecular weight is 351 g/mol. The van der Waals surface area contributed by atoms with Crippen molar-refractivity contribution in [1.29, 1.82) is 0 Å². The number of benzene rings is 1. The van der Waals surface area contributed by atoms with Gasteiger partial charge in [-0.3, -0.25) is 4.79 Å². The Morgan fingerprint density at radius 3 is 2.80 bits per heavy atom. The SMILES string of the molecule is COc1ccc(-c2cc(CNC(=O)/C=C/c3cccs3)ncn2)cc1. The number of carbonyl (C=O) groups is 1. The molecule has 1 N–H and O–H groups in total. The van der Waals surface area contributed by atoms with Crippen molar-refractivity contribution < 1.29 is 9.53 Å². The summed E-state index contributed by atoms with van der Waals surface area (Å²) in [7, 11) is 1.63. The zero-order chi connectivity index (χ0) is 17.5. The highest BCUT2D eigenvalue weighted by atomic mass is 32.1. The summed E-state index contributed by atoms with van der Waals surface area (Å²) >= 11 is 1.59. The normalized spacial score (nSPS) is 10.8. The molecule has 0 saturated heterocycles. The van der Waals surface area contributed by atoms with Gasteiger partial charge in [0.15, 0.2) is 0 Å². The zero-order valence-electron chi connectivity index (χ0n) is 13.7. The molecule has 25 heavy (non-hydrogen) atoms. The predicted molar refractivity (Wildman–Crippen MR) is 99.2 cm³/mol. The molecule has 0 unspecified atom stereocenters. The van der Waals surface area contributed by atoms with E-state index in [1.807, 2.05) is 47.8 Å². The summed E-state index contributed by atoms with van der Waals surface area (Å²) in [5.41, 5.74) is 2.52. The maximum Gasteiger partial charge on any atom is 0.244 e. The number of rotatable bonds is 6. The highest BCUT2D eigenvalue weighted by Crippen LogP contribution is 2.20. The van der Waals surface area contributed by atoms with E-state index in [4.69, 9.17) is 4.74 Å². The summed E-state index contributed by atoms with van der Waals surface area (Å²) in [5, 5.41) is 4.80. The van der Waals surface area contributed by atoms with Crippen LogP contribution < -0.4 is 10.1 Å². The summed E-state index contributed by atoms with van der Waals surface area (Å²) in [5.74, 6) is 0.640. The fourth-order valence-electron chi connectivity index (χ4n) is 2.19. The van der Waals surface area contributed by atoms with Gasteiger partial charge in [-0.2, -0.15) is 0 Å². The van der Waals surface area contributed by atoms with Crippen LogP contribution in [0.25, 0.3) is 17.3 Å². The number of hydrogen-bond donors (Lipinski definition) is 1. The summed E-state index contributed by atoms with van der Waals surface area (Å²) in [6.45, 7) is 0.347. The van der Waals surface area contributed by atoms with E-state index in [2.05, 4.69) is 15.3 Å². The van der Waals surface area contributed by atoms with Crippen LogP contribution in [-0.2, 0) is 11.3 Å². The van der Waals surface area contributed by atoms with E-state index in [0.717, 1.165) is 27.6 Å². The molecule has 3 aromatic rings. The van der Waals surface area contributed by atoms with Crippen molar-refractivity contribution in [3.05, 3.63) is 70.8 Å². The molecule has 3 rings (SSSR count). The molecule has 0 spiro atoms. The first kappa shape index (κ1) is 16.9. The molecule has 0 aliphatic carbocycles. The highest BCUT2D eigenvalue weighted by molar-refractivity contribution is 7.10. The third kappa shape index (κ3) is 4.74. The Kier molecular flexibility index (Phi) is 5.53.